The molecule has 0 radical (unpaired) electrons. The standard InChI is InChI=1S/C34H39ClF3N5/c1-42-16-14-24(15-17-42)7-5-6-23-10-12-25(13-11-23)31-22-43(29-8-3-2-4-9-29)32-30(31)21-39-33(41-32)40-28-19-26(34(36,37)38)18-27(35)20-28/h10-13,18-22,24,29H,2-9,14-17H2,1H3,(H,39,40,41). The van der Waals surface area contributed by atoms with E-state index >= 15 is 0 Å². The number of aryl methyl sites for hydroxylation is 1. The molecule has 0 amide bonds. The fourth-order valence-corrected chi connectivity index (χ4v) is 6.94. The van der Waals surface area contributed by atoms with E-state index in [1.807, 2.05) is 0 Å². The lowest BCUT2D eigenvalue weighted by Crippen LogP contribution is -2.30. The van der Waals surface area contributed by atoms with Gasteiger partial charge < -0.3 is 14.8 Å². The Morgan fingerprint density at radius 2 is 1.72 bits per heavy atom. The molecule has 6 rings (SSSR count). The third kappa shape index (κ3) is 7.18. The van der Waals surface area contributed by atoms with Crippen molar-refractivity contribution < 1.29 is 13.2 Å². The Morgan fingerprint density at radius 3 is 2.44 bits per heavy atom. The minimum Gasteiger partial charge on any atom is -0.329 e. The van der Waals surface area contributed by atoms with Crippen LogP contribution in [0.15, 0.2) is 54.9 Å². The number of rotatable bonds is 8. The number of piperidine rings is 1. The summed E-state index contributed by atoms with van der Waals surface area (Å²) in [5, 5.41) is 3.89. The molecule has 0 bridgehead atoms. The number of anilines is 2. The highest BCUT2D eigenvalue weighted by Gasteiger charge is 2.31. The van der Waals surface area contributed by atoms with Crippen LogP contribution >= 0.6 is 11.6 Å². The van der Waals surface area contributed by atoms with Crippen molar-refractivity contribution in [1.82, 2.24) is 19.4 Å². The van der Waals surface area contributed by atoms with Crippen LogP contribution in [0.1, 0.15) is 75.0 Å². The Balaban J connectivity index is 1.24. The number of hydrogen-bond donors (Lipinski definition) is 1. The molecule has 2 aromatic heterocycles. The number of nitrogens with one attached hydrogen (secondary N) is 1. The van der Waals surface area contributed by atoms with Crippen LogP contribution in [-0.4, -0.2) is 39.6 Å². The molecule has 3 heterocycles. The van der Waals surface area contributed by atoms with E-state index in [0.717, 1.165) is 59.5 Å². The summed E-state index contributed by atoms with van der Waals surface area (Å²) in [5.74, 6) is 1.09. The van der Waals surface area contributed by atoms with Gasteiger partial charge in [-0.1, -0.05) is 61.5 Å². The Morgan fingerprint density at radius 1 is 0.977 bits per heavy atom. The van der Waals surface area contributed by atoms with E-state index in [2.05, 4.69) is 57.3 Å². The summed E-state index contributed by atoms with van der Waals surface area (Å²) in [6.45, 7) is 2.43. The van der Waals surface area contributed by atoms with Crippen molar-refractivity contribution in [2.75, 3.05) is 25.5 Å². The number of likely N-dealkylation sites (tertiary alicyclic amines) is 1. The topological polar surface area (TPSA) is 46.0 Å². The summed E-state index contributed by atoms with van der Waals surface area (Å²) in [6.07, 6.45) is 11.4. The second-order valence-corrected chi connectivity index (χ2v) is 12.8. The van der Waals surface area contributed by atoms with Crippen LogP contribution in [0.4, 0.5) is 24.8 Å². The van der Waals surface area contributed by atoms with Gasteiger partial charge in [0, 0.05) is 40.1 Å². The number of aromatic nitrogens is 3. The van der Waals surface area contributed by atoms with Gasteiger partial charge in [0.2, 0.25) is 5.95 Å². The normalized spacial score (nSPS) is 17.5. The van der Waals surface area contributed by atoms with E-state index in [9.17, 15) is 13.2 Å². The first-order chi connectivity index (χ1) is 20.7. The van der Waals surface area contributed by atoms with Crippen molar-refractivity contribution in [2.24, 2.45) is 5.92 Å². The summed E-state index contributed by atoms with van der Waals surface area (Å²) in [7, 11) is 2.21. The van der Waals surface area contributed by atoms with Crippen molar-refractivity contribution >= 4 is 34.3 Å². The Kier molecular flexibility index (Phi) is 8.96. The smallest absolute Gasteiger partial charge is 0.329 e. The third-order valence-electron chi connectivity index (χ3n) is 9.20. The zero-order valence-corrected chi connectivity index (χ0v) is 25.4. The highest BCUT2D eigenvalue weighted by molar-refractivity contribution is 6.31. The molecule has 9 heteroatoms. The maximum Gasteiger partial charge on any atom is 0.416 e. The van der Waals surface area contributed by atoms with Gasteiger partial charge in [0.1, 0.15) is 5.65 Å². The molecule has 0 unspecified atom stereocenters. The van der Waals surface area contributed by atoms with Crippen molar-refractivity contribution in [2.45, 2.75) is 76.4 Å². The molecule has 4 aromatic rings. The Labute approximate surface area is 256 Å². The van der Waals surface area contributed by atoms with Crippen LogP contribution in [0.2, 0.25) is 5.02 Å². The van der Waals surface area contributed by atoms with E-state index in [-0.39, 0.29) is 16.7 Å². The molecule has 1 aliphatic heterocycles. The quantitative estimate of drug-likeness (QED) is 0.216. The highest BCUT2D eigenvalue weighted by Crippen LogP contribution is 2.38. The lowest BCUT2D eigenvalue weighted by atomic mass is 9.91. The van der Waals surface area contributed by atoms with Crippen LogP contribution in [0.5, 0.6) is 0 Å². The number of fused-ring (bicyclic) bond motifs is 1. The molecule has 0 atom stereocenters. The molecule has 2 aromatic carbocycles. The summed E-state index contributed by atoms with van der Waals surface area (Å²) in [5.41, 5.74) is 3.72. The SMILES string of the molecule is CN1CCC(CCCc2ccc(-c3cn(C4CCCCC4)c4nc(Nc5cc(Cl)cc(C(F)(F)F)c5)ncc34)cc2)CC1. The van der Waals surface area contributed by atoms with Gasteiger partial charge in [-0.25, -0.2) is 4.98 Å². The summed E-state index contributed by atoms with van der Waals surface area (Å²) >= 11 is 6.01. The zero-order valence-electron chi connectivity index (χ0n) is 24.6. The van der Waals surface area contributed by atoms with Crippen LogP contribution in [0.3, 0.4) is 0 Å². The van der Waals surface area contributed by atoms with Crippen LogP contribution < -0.4 is 5.32 Å². The van der Waals surface area contributed by atoms with Crippen LogP contribution in [0, 0.1) is 5.92 Å². The van der Waals surface area contributed by atoms with E-state index in [0.29, 0.717) is 6.04 Å². The van der Waals surface area contributed by atoms with Crippen LogP contribution in [-0.2, 0) is 12.6 Å². The van der Waals surface area contributed by atoms with Gasteiger partial charge in [0.05, 0.1) is 5.56 Å². The van der Waals surface area contributed by atoms with Gasteiger partial charge in [0.15, 0.2) is 0 Å². The first kappa shape index (κ1) is 29.9. The molecule has 2 aliphatic rings. The van der Waals surface area contributed by atoms with Crippen molar-refractivity contribution in [3.63, 3.8) is 0 Å². The van der Waals surface area contributed by atoms with Crippen molar-refractivity contribution in [3.8, 4) is 11.1 Å². The van der Waals surface area contributed by atoms with Gasteiger partial charge in [-0.2, -0.15) is 18.2 Å². The van der Waals surface area contributed by atoms with E-state index < -0.39 is 11.7 Å². The molecule has 2 fully saturated rings. The second-order valence-electron chi connectivity index (χ2n) is 12.4. The number of alkyl halides is 3. The van der Waals surface area contributed by atoms with Crippen molar-refractivity contribution in [3.05, 3.63) is 71.0 Å². The minimum atomic E-state index is -4.50. The number of nitrogens with zero attached hydrogens (tertiary/aromatic N) is 4. The average Bonchev–Trinajstić information content (AvgIpc) is 3.37. The molecule has 0 spiro atoms. The van der Waals surface area contributed by atoms with Gasteiger partial charge in [-0.05, 0) is 93.9 Å². The first-order valence-electron chi connectivity index (χ1n) is 15.5. The maximum atomic E-state index is 13.4. The van der Waals surface area contributed by atoms with E-state index in [1.165, 1.54) is 69.7 Å². The molecule has 1 saturated carbocycles. The van der Waals surface area contributed by atoms with Crippen LogP contribution in [0.25, 0.3) is 22.2 Å². The van der Waals surface area contributed by atoms with E-state index in [4.69, 9.17) is 16.6 Å². The Bertz CT molecular complexity index is 1530. The summed E-state index contributed by atoms with van der Waals surface area (Å²) in [6, 6.07) is 12.6. The molecule has 1 saturated heterocycles. The third-order valence-corrected chi connectivity index (χ3v) is 9.42. The highest BCUT2D eigenvalue weighted by atomic mass is 35.5. The Hall–Kier alpha value is -3.10. The lowest BCUT2D eigenvalue weighted by molar-refractivity contribution is -0.137. The second kappa shape index (κ2) is 12.9. The van der Waals surface area contributed by atoms with Gasteiger partial charge in [-0.15, -0.1) is 0 Å². The van der Waals surface area contributed by atoms with E-state index in [1.54, 1.807) is 6.20 Å². The zero-order chi connectivity index (χ0) is 30.0. The number of halogens is 4. The summed E-state index contributed by atoms with van der Waals surface area (Å²) in [4.78, 5) is 11.8. The molecule has 228 valence electrons. The van der Waals surface area contributed by atoms with Crippen molar-refractivity contribution in [1.29, 1.82) is 0 Å². The monoisotopic (exact) mass is 609 g/mol. The fraction of sp³-hybridized carbons (Fsp3) is 0.471. The predicted molar refractivity (Wildman–Crippen MR) is 168 cm³/mol. The molecule has 1 aliphatic carbocycles. The maximum absolute atomic E-state index is 13.4. The lowest BCUT2D eigenvalue weighted by Gasteiger charge is -2.28. The average molecular weight is 610 g/mol. The molecular formula is C34H39ClF3N5. The largest absolute Gasteiger partial charge is 0.416 e. The van der Waals surface area contributed by atoms with Gasteiger partial charge in [-0.3, -0.25) is 0 Å². The molecule has 43 heavy (non-hydrogen) atoms. The first-order valence-corrected chi connectivity index (χ1v) is 15.9. The van der Waals surface area contributed by atoms with Gasteiger partial charge >= 0.3 is 6.18 Å². The number of hydrogen-bond acceptors (Lipinski definition) is 4. The fourth-order valence-electron chi connectivity index (χ4n) is 6.71. The predicted octanol–water partition coefficient (Wildman–Crippen LogP) is 9.68. The summed E-state index contributed by atoms with van der Waals surface area (Å²) < 4.78 is 42.4. The number of benzene rings is 2. The minimum absolute atomic E-state index is 0.00321. The molecule has 1 N–H and O–H groups in total. The molecular weight excluding hydrogens is 571 g/mol. The molecule has 5 nitrogen and oxygen atoms in total. The van der Waals surface area contributed by atoms with Gasteiger partial charge in [0.25, 0.3) is 0 Å².